The Morgan fingerprint density at radius 3 is 2.00 bits per heavy atom. The normalized spacial score (nSPS) is 12.4. The van der Waals surface area contributed by atoms with Crippen molar-refractivity contribution in [2.45, 2.75) is 27.7 Å². The van der Waals surface area contributed by atoms with E-state index in [-0.39, 0.29) is 11.7 Å². The molecular weight excluding hydrogens is 228 g/mol. The van der Waals surface area contributed by atoms with Crippen LogP contribution in [0.25, 0.3) is 0 Å². The molecule has 0 amide bonds. The summed E-state index contributed by atoms with van der Waals surface area (Å²) in [4.78, 5) is 12.4. The van der Waals surface area contributed by atoms with Crippen molar-refractivity contribution in [3.8, 4) is 11.5 Å². The molecular formula is C15H22O3. The minimum absolute atomic E-state index is 0.00167. The molecule has 3 heteroatoms. The molecule has 0 spiro atoms. The van der Waals surface area contributed by atoms with E-state index >= 15 is 0 Å². The predicted molar refractivity (Wildman–Crippen MR) is 72.6 cm³/mol. The van der Waals surface area contributed by atoms with Crippen molar-refractivity contribution in [2.75, 3.05) is 14.2 Å². The minimum Gasteiger partial charge on any atom is -0.493 e. The first-order valence-electron chi connectivity index (χ1n) is 6.19. The Morgan fingerprint density at radius 2 is 1.56 bits per heavy atom. The average Bonchev–Trinajstić information content (AvgIpc) is 2.36. The Morgan fingerprint density at radius 1 is 1.06 bits per heavy atom. The van der Waals surface area contributed by atoms with Crippen molar-refractivity contribution in [1.29, 1.82) is 0 Å². The summed E-state index contributed by atoms with van der Waals surface area (Å²) >= 11 is 0. The molecule has 0 bridgehead atoms. The maximum atomic E-state index is 12.4. The van der Waals surface area contributed by atoms with Crippen molar-refractivity contribution in [3.05, 3.63) is 23.3 Å². The van der Waals surface area contributed by atoms with Crippen molar-refractivity contribution in [3.63, 3.8) is 0 Å². The molecule has 0 N–H and O–H groups in total. The van der Waals surface area contributed by atoms with Gasteiger partial charge < -0.3 is 9.47 Å². The van der Waals surface area contributed by atoms with E-state index in [0.29, 0.717) is 23.0 Å². The lowest BCUT2D eigenvalue weighted by Crippen LogP contribution is -2.18. The fraction of sp³-hybridized carbons (Fsp3) is 0.533. The number of hydrogen-bond acceptors (Lipinski definition) is 3. The highest BCUT2D eigenvalue weighted by molar-refractivity contribution is 5.99. The molecule has 0 aliphatic heterocycles. The Hall–Kier alpha value is -1.51. The molecule has 0 radical (unpaired) electrons. The maximum absolute atomic E-state index is 12.4. The van der Waals surface area contributed by atoms with Gasteiger partial charge in [-0.15, -0.1) is 0 Å². The number of ketones is 1. The highest BCUT2D eigenvalue weighted by Crippen LogP contribution is 2.32. The zero-order valence-electron chi connectivity index (χ0n) is 12.0. The smallest absolute Gasteiger partial charge is 0.166 e. The number of hydrogen-bond donors (Lipinski definition) is 0. The van der Waals surface area contributed by atoms with Gasteiger partial charge in [-0.3, -0.25) is 4.79 Å². The van der Waals surface area contributed by atoms with E-state index < -0.39 is 0 Å². The standard InChI is InChI=1S/C15H22O3/c1-9(2)11(4)15(16)12-8-14(18-6)13(17-5)7-10(12)3/h7-9,11H,1-6H3. The van der Waals surface area contributed by atoms with E-state index in [1.807, 2.05) is 19.9 Å². The molecule has 1 aromatic carbocycles. The second-order valence-corrected chi connectivity index (χ2v) is 4.92. The predicted octanol–water partition coefficient (Wildman–Crippen LogP) is 3.49. The molecule has 0 saturated heterocycles. The molecule has 1 unspecified atom stereocenters. The molecule has 1 aromatic rings. The Labute approximate surface area is 109 Å². The second-order valence-electron chi connectivity index (χ2n) is 4.92. The first-order chi connectivity index (χ1) is 8.42. The van der Waals surface area contributed by atoms with Crippen LogP contribution in [0.5, 0.6) is 11.5 Å². The van der Waals surface area contributed by atoms with Gasteiger partial charge in [0.1, 0.15) is 0 Å². The van der Waals surface area contributed by atoms with Gasteiger partial charge in [-0.25, -0.2) is 0 Å². The number of Topliss-reactive ketones (excluding diaryl/α,β-unsaturated/α-hetero) is 1. The summed E-state index contributed by atoms with van der Waals surface area (Å²) in [5.41, 5.74) is 1.64. The lowest BCUT2D eigenvalue weighted by Gasteiger charge is -2.17. The van der Waals surface area contributed by atoms with E-state index in [1.54, 1.807) is 20.3 Å². The first kappa shape index (κ1) is 14.6. The third-order valence-corrected chi connectivity index (χ3v) is 3.41. The summed E-state index contributed by atoms with van der Waals surface area (Å²) in [6.45, 7) is 7.99. The fourth-order valence-corrected chi connectivity index (χ4v) is 1.79. The Kier molecular flexibility index (Phi) is 4.76. The summed E-state index contributed by atoms with van der Waals surface area (Å²) in [6, 6.07) is 3.62. The van der Waals surface area contributed by atoms with Gasteiger partial charge in [0.15, 0.2) is 17.3 Å². The van der Waals surface area contributed by atoms with Gasteiger partial charge in [0.05, 0.1) is 14.2 Å². The maximum Gasteiger partial charge on any atom is 0.166 e. The molecule has 1 atom stereocenters. The van der Waals surface area contributed by atoms with Gasteiger partial charge in [-0.2, -0.15) is 0 Å². The fourth-order valence-electron chi connectivity index (χ4n) is 1.79. The van der Waals surface area contributed by atoms with Gasteiger partial charge in [0.2, 0.25) is 0 Å². The number of rotatable bonds is 5. The quantitative estimate of drug-likeness (QED) is 0.750. The Balaban J connectivity index is 3.21. The van der Waals surface area contributed by atoms with Crippen molar-refractivity contribution in [1.82, 2.24) is 0 Å². The van der Waals surface area contributed by atoms with Crippen LogP contribution in [-0.4, -0.2) is 20.0 Å². The summed E-state index contributed by atoms with van der Waals surface area (Å²) in [5, 5.41) is 0. The second kappa shape index (κ2) is 5.89. The molecule has 0 aliphatic carbocycles. The molecule has 0 aliphatic rings. The van der Waals surface area contributed by atoms with Gasteiger partial charge in [-0.05, 0) is 30.5 Å². The van der Waals surface area contributed by atoms with Crippen LogP contribution in [0, 0.1) is 18.8 Å². The lowest BCUT2D eigenvalue weighted by atomic mass is 9.88. The molecule has 1 rings (SSSR count). The van der Waals surface area contributed by atoms with Crippen LogP contribution in [0.15, 0.2) is 12.1 Å². The molecule has 18 heavy (non-hydrogen) atoms. The number of methoxy groups -OCH3 is 2. The third-order valence-electron chi connectivity index (χ3n) is 3.41. The van der Waals surface area contributed by atoms with Crippen LogP contribution < -0.4 is 9.47 Å². The van der Waals surface area contributed by atoms with Gasteiger partial charge in [0, 0.05) is 11.5 Å². The molecule has 3 nitrogen and oxygen atoms in total. The van der Waals surface area contributed by atoms with E-state index in [0.717, 1.165) is 5.56 Å². The number of ether oxygens (including phenoxy) is 2. The topological polar surface area (TPSA) is 35.5 Å². The summed E-state index contributed by atoms with van der Waals surface area (Å²) in [5.74, 6) is 1.74. The van der Waals surface area contributed by atoms with Crippen LogP contribution >= 0.6 is 0 Å². The number of benzene rings is 1. The zero-order valence-corrected chi connectivity index (χ0v) is 12.0. The van der Waals surface area contributed by atoms with Crippen LogP contribution in [0.3, 0.4) is 0 Å². The number of carbonyl (C=O) groups excluding carboxylic acids is 1. The van der Waals surface area contributed by atoms with Crippen LogP contribution in [0.4, 0.5) is 0 Å². The van der Waals surface area contributed by atoms with E-state index in [4.69, 9.17) is 9.47 Å². The van der Waals surface area contributed by atoms with Crippen molar-refractivity contribution >= 4 is 5.78 Å². The molecule has 0 fully saturated rings. The average molecular weight is 250 g/mol. The van der Waals surface area contributed by atoms with E-state index in [1.165, 1.54) is 0 Å². The molecule has 0 heterocycles. The van der Waals surface area contributed by atoms with Crippen LogP contribution in [0.1, 0.15) is 36.7 Å². The van der Waals surface area contributed by atoms with Crippen LogP contribution in [-0.2, 0) is 0 Å². The highest BCUT2D eigenvalue weighted by Gasteiger charge is 2.21. The van der Waals surface area contributed by atoms with Gasteiger partial charge in [0.25, 0.3) is 0 Å². The van der Waals surface area contributed by atoms with E-state index in [9.17, 15) is 4.79 Å². The third kappa shape index (κ3) is 2.84. The SMILES string of the molecule is COc1cc(C)c(C(=O)C(C)C(C)C)cc1OC. The zero-order chi connectivity index (χ0) is 13.9. The molecule has 0 saturated carbocycles. The van der Waals surface area contributed by atoms with E-state index in [2.05, 4.69) is 13.8 Å². The van der Waals surface area contributed by atoms with Gasteiger partial charge in [-0.1, -0.05) is 20.8 Å². The number of aryl methyl sites for hydroxylation is 1. The Bertz CT molecular complexity index is 436. The highest BCUT2D eigenvalue weighted by atomic mass is 16.5. The minimum atomic E-state index is 0.00167. The summed E-state index contributed by atoms with van der Waals surface area (Å²) in [7, 11) is 3.17. The number of carbonyl (C=O) groups is 1. The summed E-state index contributed by atoms with van der Waals surface area (Å²) in [6.07, 6.45) is 0. The molecule has 0 aromatic heterocycles. The molecule has 100 valence electrons. The summed E-state index contributed by atoms with van der Waals surface area (Å²) < 4.78 is 10.5. The lowest BCUT2D eigenvalue weighted by molar-refractivity contribution is 0.0898. The first-order valence-corrected chi connectivity index (χ1v) is 6.19. The van der Waals surface area contributed by atoms with Crippen molar-refractivity contribution < 1.29 is 14.3 Å². The van der Waals surface area contributed by atoms with Crippen LogP contribution in [0.2, 0.25) is 0 Å². The monoisotopic (exact) mass is 250 g/mol. The van der Waals surface area contributed by atoms with Crippen molar-refractivity contribution in [2.24, 2.45) is 11.8 Å². The largest absolute Gasteiger partial charge is 0.493 e. The van der Waals surface area contributed by atoms with Gasteiger partial charge >= 0.3 is 0 Å².